The van der Waals surface area contributed by atoms with Crippen molar-refractivity contribution in [3.05, 3.63) is 54.4 Å². The van der Waals surface area contributed by atoms with Gasteiger partial charge >= 0.3 is 0 Å². The van der Waals surface area contributed by atoms with Crippen LogP contribution >= 0.6 is 0 Å². The zero-order valence-corrected chi connectivity index (χ0v) is 11.8. The maximum absolute atomic E-state index is 12.2. The Bertz CT molecular complexity index is 773. The van der Waals surface area contributed by atoms with E-state index in [1.165, 1.54) is 0 Å². The molecule has 3 aromatic rings. The fraction of sp³-hybridized carbons (Fsp3) is 0.188. The number of nitrogens with zero attached hydrogens (tertiary/aromatic N) is 3. The van der Waals surface area contributed by atoms with Crippen LogP contribution < -0.4 is 5.32 Å². The first-order chi connectivity index (χ1) is 10.3. The summed E-state index contributed by atoms with van der Waals surface area (Å²) in [6.45, 7) is 2.70. The fourth-order valence-electron chi connectivity index (χ4n) is 2.37. The van der Waals surface area contributed by atoms with Crippen molar-refractivity contribution in [3.63, 3.8) is 0 Å². The molecule has 5 nitrogen and oxygen atoms in total. The number of fused-ring (bicyclic) bond motifs is 1. The Morgan fingerprint density at radius 3 is 2.86 bits per heavy atom. The number of hydrogen-bond donors (Lipinski definition) is 1. The van der Waals surface area contributed by atoms with Crippen molar-refractivity contribution in [2.45, 2.75) is 19.9 Å². The van der Waals surface area contributed by atoms with Crippen LogP contribution in [0.2, 0.25) is 0 Å². The largest absolute Gasteiger partial charge is 0.300 e. The van der Waals surface area contributed by atoms with E-state index in [9.17, 15) is 4.79 Å². The van der Waals surface area contributed by atoms with Crippen LogP contribution in [0, 0.1) is 0 Å². The Hall–Kier alpha value is -2.69. The third-order valence-electron chi connectivity index (χ3n) is 3.44. The van der Waals surface area contributed by atoms with E-state index in [-0.39, 0.29) is 5.91 Å². The number of anilines is 1. The zero-order chi connectivity index (χ0) is 14.7. The van der Waals surface area contributed by atoms with Gasteiger partial charge in [-0.05, 0) is 23.3 Å². The van der Waals surface area contributed by atoms with Crippen LogP contribution in [0.1, 0.15) is 12.5 Å². The number of aryl methyl sites for hydroxylation is 1. The molecular formula is C16H16N4O. The predicted octanol–water partition coefficient (Wildman–Crippen LogP) is 2.63. The van der Waals surface area contributed by atoms with E-state index in [1.807, 2.05) is 49.4 Å². The quantitative estimate of drug-likeness (QED) is 0.799. The second kappa shape index (κ2) is 5.75. The number of rotatable bonds is 4. The lowest BCUT2D eigenvalue weighted by atomic mass is 10.0. The van der Waals surface area contributed by atoms with Gasteiger partial charge in [-0.25, -0.2) is 0 Å². The van der Waals surface area contributed by atoms with Crippen molar-refractivity contribution in [2.75, 3.05) is 5.32 Å². The van der Waals surface area contributed by atoms with Gasteiger partial charge in [-0.15, -0.1) is 10.2 Å². The molecule has 0 aliphatic carbocycles. The molecule has 0 radical (unpaired) electrons. The van der Waals surface area contributed by atoms with Crippen LogP contribution in [0.25, 0.3) is 10.8 Å². The van der Waals surface area contributed by atoms with Crippen LogP contribution in [0.15, 0.2) is 48.8 Å². The summed E-state index contributed by atoms with van der Waals surface area (Å²) in [5, 5.41) is 12.8. The average molecular weight is 280 g/mol. The van der Waals surface area contributed by atoms with Gasteiger partial charge < -0.3 is 4.57 Å². The minimum atomic E-state index is -0.0888. The first-order valence-electron chi connectivity index (χ1n) is 6.92. The van der Waals surface area contributed by atoms with Gasteiger partial charge in [0.1, 0.15) is 6.33 Å². The van der Waals surface area contributed by atoms with Crippen molar-refractivity contribution >= 4 is 22.6 Å². The van der Waals surface area contributed by atoms with E-state index in [1.54, 1.807) is 10.9 Å². The molecule has 0 fully saturated rings. The first kappa shape index (κ1) is 13.3. The maximum atomic E-state index is 12.2. The van der Waals surface area contributed by atoms with Gasteiger partial charge in [-0.1, -0.05) is 42.5 Å². The number of hydrogen-bond acceptors (Lipinski definition) is 3. The van der Waals surface area contributed by atoms with Crippen molar-refractivity contribution in [1.82, 2.24) is 14.8 Å². The van der Waals surface area contributed by atoms with E-state index in [2.05, 4.69) is 15.5 Å². The standard InChI is InChI=1S/C16H16N4O/c1-2-20-11-17-19-16(20)18-15(21)10-13-8-5-7-12-6-3-4-9-14(12)13/h3-9,11H,2,10H2,1H3,(H,18,19,21). The minimum absolute atomic E-state index is 0.0888. The lowest BCUT2D eigenvalue weighted by Crippen LogP contribution is -2.17. The molecule has 0 atom stereocenters. The summed E-state index contributed by atoms with van der Waals surface area (Å²) in [6, 6.07) is 14.1. The molecule has 0 unspecified atom stereocenters. The Kier molecular flexibility index (Phi) is 3.64. The van der Waals surface area contributed by atoms with Crippen molar-refractivity contribution in [1.29, 1.82) is 0 Å². The highest BCUT2D eigenvalue weighted by Gasteiger charge is 2.10. The van der Waals surface area contributed by atoms with Crippen LogP contribution in [0.5, 0.6) is 0 Å². The smallest absolute Gasteiger partial charge is 0.231 e. The molecular weight excluding hydrogens is 264 g/mol. The summed E-state index contributed by atoms with van der Waals surface area (Å²) in [4.78, 5) is 12.2. The van der Waals surface area contributed by atoms with E-state index in [0.717, 1.165) is 22.9 Å². The molecule has 5 heteroatoms. The highest BCUT2D eigenvalue weighted by molar-refractivity contribution is 5.95. The zero-order valence-electron chi connectivity index (χ0n) is 11.8. The molecule has 1 N–H and O–H groups in total. The molecule has 21 heavy (non-hydrogen) atoms. The van der Waals surface area contributed by atoms with E-state index in [4.69, 9.17) is 0 Å². The summed E-state index contributed by atoms with van der Waals surface area (Å²) in [7, 11) is 0. The lowest BCUT2D eigenvalue weighted by molar-refractivity contribution is -0.115. The SMILES string of the molecule is CCn1cnnc1NC(=O)Cc1cccc2ccccc12. The maximum Gasteiger partial charge on any atom is 0.231 e. The van der Waals surface area contributed by atoms with Crippen LogP contribution in [0.3, 0.4) is 0 Å². The van der Waals surface area contributed by atoms with Gasteiger partial charge in [0.05, 0.1) is 6.42 Å². The topological polar surface area (TPSA) is 59.8 Å². The molecule has 1 aromatic heterocycles. The molecule has 0 saturated heterocycles. The van der Waals surface area contributed by atoms with Gasteiger partial charge in [0.2, 0.25) is 11.9 Å². The van der Waals surface area contributed by atoms with Gasteiger partial charge in [-0.3, -0.25) is 10.1 Å². The summed E-state index contributed by atoms with van der Waals surface area (Å²) >= 11 is 0. The fourth-order valence-corrected chi connectivity index (χ4v) is 2.37. The van der Waals surface area contributed by atoms with Crippen LogP contribution in [-0.2, 0) is 17.8 Å². The van der Waals surface area contributed by atoms with Crippen LogP contribution in [0.4, 0.5) is 5.95 Å². The number of benzene rings is 2. The molecule has 0 aliphatic rings. The summed E-state index contributed by atoms with van der Waals surface area (Å²) in [5.41, 5.74) is 1.01. The lowest BCUT2D eigenvalue weighted by Gasteiger charge is -2.08. The minimum Gasteiger partial charge on any atom is -0.300 e. The molecule has 1 heterocycles. The number of amides is 1. The van der Waals surface area contributed by atoms with Gasteiger partial charge in [0.25, 0.3) is 0 Å². The molecule has 2 aromatic carbocycles. The summed E-state index contributed by atoms with van der Waals surface area (Å²) in [5.74, 6) is 0.400. The Morgan fingerprint density at radius 1 is 1.19 bits per heavy atom. The second-order valence-corrected chi connectivity index (χ2v) is 4.80. The molecule has 106 valence electrons. The van der Waals surface area contributed by atoms with Gasteiger partial charge in [-0.2, -0.15) is 0 Å². The molecule has 0 spiro atoms. The van der Waals surface area contributed by atoms with E-state index < -0.39 is 0 Å². The summed E-state index contributed by atoms with van der Waals surface area (Å²) < 4.78 is 1.79. The van der Waals surface area contributed by atoms with E-state index >= 15 is 0 Å². The highest BCUT2D eigenvalue weighted by Crippen LogP contribution is 2.19. The monoisotopic (exact) mass is 280 g/mol. The molecule has 0 bridgehead atoms. The molecule has 3 rings (SSSR count). The van der Waals surface area contributed by atoms with E-state index in [0.29, 0.717) is 12.4 Å². The third kappa shape index (κ3) is 2.76. The first-order valence-corrected chi connectivity index (χ1v) is 6.92. The van der Waals surface area contributed by atoms with Gasteiger partial charge in [0.15, 0.2) is 0 Å². The highest BCUT2D eigenvalue weighted by atomic mass is 16.1. The Balaban J connectivity index is 1.81. The second-order valence-electron chi connectivity index (χ2n) is 4.80. The normalized spacial score (nSPS) is 10.7. The Labute approximate surface area is 122 Å². The molecule has 0 aliphatic heterocycles. The third-order valence-corrected chi connectivity index (χ3v) is 3.44. The Morgan fingerprint density at radius 2 is 2.00 bits per heavy atom. The summed E-state index contributed by atoms with van der Waals surface area (Å²) in [6.07, 6.45) is 1.92. The number of aromatic nitrogens is 3. The number of nitrogens with one attached hydrogen (secondary N) is 1. The molecule has 1 amide bonds. The number of carbonyl (C=O) groups excluding carboxylic acids is 1. The predicted molar refractivity (Wildman–Crippen MR) is 82.0 cm³/mol. The van der Waals surface area contributed by atoms with Crippen molar-refractivity contribution in [3.8, 4) is 0 Å². The van der Waals surface area contributed by atoms with Crippen LogP contribution in [-0.4, -0.2) is 20.7 Å². The molecule has 0 saturated carbocycles. The van der Waals surface area contributed by atoms with Crippen molar-refractivity contribution in [2.24, 2.45) is 0 Å². The average Bonchev–Trinajstić information content (AvgIpc) is 2.94. The van der Waals surface area contributed by atoms with Crippen molar-refractivity contribution < 1.29 is 4.79 Å². The van der Waals surface area contributed by atoms with Gasteiger partial charge in [0, 0.05) is 6.54 Å². The number of carbonyl (C=O) groups is 1.